The van der Waals surface area contributed by atoms with Gasteiger partial charge in [-0.25, -0.2) is 0 Å². The van der Waals surface area contributed by atoms with Crippen molar-refractivity contribution in [3.63, 3.8) is 0 Å². The predicted octanol–water partition coefficient (Wildman–Crippen LogP) is 4.14. The first kappa shape index (κ1) is 38.3. The van der Waals surface area contributed by atoms with E-state index in [0.29, 0.717) is 17.7 Å². The summed E-state index contributed by atoms with van der Waals surface area (Å²) in [4.78, 5) is 126. The van der Waals surface area contributed by atoms with Gasteiger partial charge in [-0.05, 0) is 80.0 Å². The third kappa shape index (κ3) is 6.37. The van der Waals surface area contributed by atoms with Crippen molar-refractivity contribution < 1.29 is 47.9 Å². The maximum Gasteiger partial charge on any atom is 0.311 e. The van der Waals surface area contributed by atoms with E-state index in [1.807, 2.05) is 0 Å². The Morgan fingerprint density at radius 1 is 0.667 bits per heavy atom. The van der Waals surface area contributed by atoms with E-state index in [1.165, 1.54) is 42.3 Å². The van der Waals surface area contributed by atoms with Crippen LogP contribution in [-0.4, -0.2) is 71.6 Å². The molecule has 8 rings (SSSR count). The van der Waals surface area contributed by atoms with Crippen LogP contribution in [0.5, 0.6) is 5.75 Å². The van der Waals surface area contributed by atoms with Crippen LogP contribution in [0.4, 0.5) is 17.1 Å². The molecule has 298 valence electrons. The molecule has 6 aliphatic rings. The highest BCUT2D eigenvalue weighted by atomic mass is 16.5. The van der Waals surface area contributed by atoms with Crippen molar-refractivity contribution in [3.8, 4) is 5.75 Å². The topological polar surface area (TPSA) is 176 Å². The quantitative estimate of drug-likeness (QED) is 0.106. The molecule has 0 radical (unpaired) electrons. The number of benzene rings is 2. The Morgan fingerprint density at radius 3 is 2.00 bits per heavy atom. The number of unbranched alkanes of at least 4 members (excludes halogenated alkanes) is 5. The number of likely N-dealkylation sites (tertiary alicyclic amines) is 1. The normalized spacial score (nSPS) is 29.4. The molecule has 7 amide bonds. The molecule has 4 aliphatic heterocycles. The molecule has 2 aromatic rings. The third-order valence-corrected chi connectivity index (χ3v) is 13.2. The Morgan fingerprint density at radius 2 is 1.28 bits per heavy atom. The Balaban J connectivity index is 0.973. The summed E-state index contributed by atoms with van der Waals surface area (Å²) in [5, 5.41) is 0. The fraction of sp³-hybridized carbons (Fsp3) is 0.512. The summed E-state index contributed by atoms with van der Waals surface area (Å²) in [7, 11) is 1.40. The Bertz CT molecular complexity index is 2110. The molecule has 6 fully saturated rings. The summed E-state index contributed by atoms with van der Waals surface area (Å²) in [6.45, 7) is 3.97. The second-order valence-electron chi connectivity index (χ2n) is 16.6. The number of fused-ring (bicyclic) bond motifs is 10. The second kappa shape index (κ2) is 14.8. The summed E-state index contributed by atoms with van der Waals surface area (Å²) in [5.41, 5.74) is 1.46. The summed E-state index contributed by atoms with van der Waals surface area (Å²) in [5.74, 6) is -10.5. The number of rotatable bonds is 11. The summed E-state index contributed by atoms with van der Waals surface area (Å²) in [6, 6.07) is 10.8. The smallest absolute Gasteiger partial charge is 0.311 e. The fourth-order valence-electron chi connectivity index (χ4n) is 10.5. The van der Waals surface area contributed by atoms with Crippen LogP contribution in [-0.2, 0) is 43.2 Å². The lowest BCUT2D eigenvalue weighted by atomic mass is 9.80. The number of Topliss-reactive ketones (excluding diaryl/α,β-unsaturated/α-hetero) is 1. The highest BCUT2D eigenvalue weighted by Crippen LogP contribution is 2.53. The number of carbonyl (C=O) groups is 9. The first-order valence-corrected chi connectivity index (χ1v) is 20.1. The standard InChI is InChI=1S/C43H46N4O10/c1-4-5-6-7-8-9-10-34(49)57-26-16-22(2)15-25(17-26)46-33(48)20-27-28-18-31(36(27)42(46)55)41(54)47(40(28)53)24-13-11-23(12-14-24)45-21-32-29-19-30(35(32)37(50)43(45)56)39(52)44(3)38(29)51/h11-17,27-32,35-36H,4-10,18-21H2,1-3H3. The molecule has 4 saturated heterocycles. The number of ketones is 1. The van der Waals surface area contributed by atoms with Crippen molar-refractivity contribution in [1.82, 2.24) is 4.90 Å². The Kier molecular flexibility index (Phi) is 9.93. The monoisotopic (exact) mass is 778 g/mol. The third-order valence-electron chi connectivity index (χ3n) is 13.2. The van der Waals surface area contributed by atoms with Crippen LogP contribution in [0.25, 0.3) is 0 Å². The molecule has 2 aromatic carbocycles. The van der Waals surface area contributed by atoms with Crippen molar-refractivity contribution in [2.45, 2.75) is 78.1 Å². The van der Waals surface area contributed by atoms with E-state index in [9.17, 15) is 43.2 Å². The van der Waals surface area contributed by atoms with Crippen molar-refractivity contribution in [3.05, 3.63) is 48.0 Å². The number of imide groups is 3. The highest BCUT2D eigenvalue weighted by Gasteiger charge is 2.63. The lowest BCUT2D eigenvalue weighted by Crippen LogP contribution is -2.52. The second-order valence-corrected chi connectivity index (χ2v) is 16.6. The number of carbonyl (C=O) groups excluding carboxylic acids is 9. The molecule has 0 spiro atoms. The fourth-order valence-corrected chi connectivity index (χ4v) is 10.5. The van der Waals surface area contributed by atoms with E-state index in [-0.39, 0.29) is 55.3 Å². The van der Waals surface area contributed by atoms with Gasteiger partial charge in [0.15, 0.2) is 0 Å². The number of nitrogens with zero attached hydrogens (tertiary/aromatic N) is 4. The van der Waals surface area contributed by atoms with E-state index in [4.69, 9.17) is 4.74 Å². The average molecular weight is 779 g/mol. The van der Waals surface area contributed by atoms with E-state index in [2.05, 4.69) is 6.92 Å². The highest BCUT2D eigenvalue weighted by molar-refractivity contribution is 6.43. The number of hydrogen-bond acceptors (Lipinski definition) is 10. The van der Waals surface area contributed by atoms with Crippen LogP contribution in [0.15, 0.2) is 42.5 Å². The van der Waals surface area contributed by atoms with E-state index in [1.54, 1.807) is 19.1 Å². The molecule has 4 bridgehead atoms. The molecule has 0 aromatic heterocycles. The van der Waals surface area contributed by atoms with Crippen molar-refractivity contribution in [1.29, 1.82) is 0 Å². The number of ether oxygens (including phenoxy) is 1. The molecule has 0 N–H and O–H groups in total. The van der Waals surface area contributed by atoms with Gasteiger partial charge in [0.05, 0.1) is 23.2 Å². The van der Waals surface area contributed by atoms with Crippen molar-refractivity contribution in [2.24, 2.45) is 47.3 Å². The minimum Gasteiger partial charge on any atom is -0.426 e. The molecule has 57 heavy (non-hydrogen) atoms. The number of esters is 1. The predicted molar refractivity (Wildman–Crippen MR) is 203 cm³/mol. The van der Waals surface area contributed by atoms with Gasteiger partial charge in [0.25, 0.3) is 5.91 Å². The number of hydrogen-bond donors (Lipinski definition) is 0. The zero-order valence-electron chi connectivity index (χ0n) is 32.3. The molecule has 2 aliphatic carbocycles. The molecule has 8 atom stereocenters. The van der Waals surface area contributed by atoms with Gasteiger partial charge in [-0.2, -0.15) is 0 Å². The molecule has 2 saturated carbocycles. The van der Waals surface area contributed by atoms with Gasteiger partial charge in [-0.3, -0.25) is 57.9 Å². The molecule has 14 heteroatoms. The van der Waals surface area contributed by atoms with Gasteiger partial charge >= 0.3 is 5.97 Å². The lowest BCUT2D eigenvalue weighted by Gasteiger charge is -2.35. The van der Waals surface area contributed by atoms with Gasteiger partial charge < -0.3 is 9.64 Å². The molecule has 4 heterocycles. The van der Waals surface area contributed by atoms with Gasteiger partial charge in [0.1, 0.15) is 5.75 Å². The minimum atomic E-state index is -0.919. The van der Waals surface area contributed by atoms with Crippen LogP contribution in [0.3, 0.4) is 0 Å². The average Bonchev–Trinajstić information content (AvgIpc) is 3.72. The van der Waals surface area contributed by atoms with Gasteiger partial charge in [-0.1, -0.05) is 39.0 Å². The van der Waals surface area contributed by atoms with E-state index in [0.717, 1.165) is 46.8 Å². The van der Waals surface area contributed by atoms with Gasteiger partial charge in [-0.15, -0.1) is 0 Å². The maximum absolute atomic E-state index is 14.2. The van der Waals surface area contributed by atoms with Crippen LogP contribution < -0.4 is 19.4 Å². The van der Waals surface area contributed by atoms with Gasteiger partial charge in [0, 0.05) is 61.9 Å². The molecule has 14 nitrogen and oxygen atoms in total. The summed E-state index contributed by atoms with van der Waals surface area (Å²) in [6.07, 6.45) is 6.61. The number of amides is 7. The van der Waals surface area contributed by atoms with Crippen LogP contribution in [0.2, 0.25) is 0 Å². The van der Waals surface area contributed by atoms with Crippen molar-refractivity contribution in [2.75, 3.05) is 28.3 Å². The number of anilines is 3. The maximum atomic E-state index is 14.2. The zero-order valence-corrected chi connectivity index (χ0v) is 32.3. The zero-order chi connectivity index (χ0) is 40.4. The van der Waals surface area contributed by atoms with Crippen LogP contribution in [0.1, 0.15) is 76.7 Å². The SMILES string of the molecule is CCCCCCCCC(=O)Oc1cc(C)cc(N2C(=O)CC3C4CC(C(=O)N(c5ccc(N6CC7C8CC(C(=O)N(C)C8=O)C7C(=O)C6=O)cc5)C4=O)C3C2=O)c1. The van der Waals surface area contributed by atoms with Crippen molar-refractivity contribution >= 4 is 70.2 Å². The Labute approximate surface area is 329 Å². The molecular formula is C43H46N4O10. The molecule has 8 unspecified atom stereocenters. The number of aryl methyl sites for hydroxylation is 1. The minimum absolute atomic E-state index is 0.0639. The Hall–Kier alpha value is -5.53. The number of piperidine rings is 4. The lowest BCUT2D eigenvalue weighted by molar-refractivity contribution is -0.152. The largest absolute Gasteiger partial charge is 0.426 e. The molecular weight excluding hydrogens is 732 g/mol. The van der Waals surface area contributed by atoms with E-state index < -0.39 is 94.5 Å². The summed E-state index contributed by atoms with van der Waals surface area (Å²) < 4.78 is 5.62. The van der Waals surface area contributed by atoms with E-state index >= 15 is 0 Å². The summed E-state index contributed by atoms with van der Waals surface area (Å²) >= 11 is 0. The van der Waals surface area contributed by atoms with Gasteiger partial charge in [0.2, 0.25) is 41.2 Å². The first-order chi connectivity index (χ1) is 27.3. The van der Waals surface area contributed by atoms with Crippen LogP contribution in [0, 0.1) is 54.3 Å². The van der Waals surface area contributed by atoms with Crippen LogP contribution >= 0.6 is 0 Å². The first-order valence-electron chi connectivity index (χ1n) is 20.1.